The summed E-state index contributed by atoms with van der Waals surface area (Å²) in [5, 5.41) is 5.08. The van der Waals surface area contributed by atoms with Crippen LogP contribution >= 0.6 is 22.7 Å². The fourth-order valence-corrected chi connectivity index (χ4v) is 2.90. The Balaban J connectivity index is 2.24. The van der Waals surface area contributed by atoms with Crippen molar-refractivity contribution in [2.24, 2.45) is 5.73 Å². The molecule has 0 aliphatic heterocycles. The number of aromatic nitrogens is 1. The quantitative estimate of drug-likeness (QED) is 0.791. The van der Waals surface area contributed by atoms with E-state index in [0.29, 0.717) is 26.3 Å². The van der Waals surface area contributed by atoms with E-state index in [-0.39, 0.29) is 5.91 Å². The molecule has 2 rings (SSSR count). The highest BCUT2D eigenvalue weighted by Crippen LogP contribution is 2.26. The summed E-state index contributed by atoms with van der Waals surface area (Å²) in [6, 6.07) is 1.57. The van der Waals surface area contributed by atoms with Gasteiger partial charge in [-0.3, -0.25) is 9.59 Å². The molecule has 8 heteroatoms. The number of nitrogens with zero attached hydrogens (tertiary/aromatic N) is 1. The summed E-state index contributed by atoms with van der Waals surface area (Å²) in [6.45, 7) is 1.70. The molecular formula is C10H10N4O2S2. The maximum atomic E-state index is 12.0. The average Bonchev–Trinajstić information content (AvgIpc) is 2.85. The molecule has 0 radical (unpaired) electrons. The van der Waals surface area contributed by atoms with E-state index in [2.05, 4.69) is 10.3 Å². The van der Waals surface area contributed by atoms with Crippen LogP contribution in [0.5, 0.6) is 0 Å². The second-order valence-electron chi connectivity index (χ2n) is 3.45. The Morgan fingerprint density at radius 1 is 1.44 bits per heavy atom. The molecule has 18 heavy (non-hydrogen) atoms. The molecule has 0 aliphatic carbocycles. The van der Waals surface area contributed by atoms with Gasteiger partial charge in [0.05, 0.1) is 11.3 Å². The minimum Gasteiger partial charge on any atom is -0.375 e. The van der Waals surface area contributed by atoms with Gasteiger partial charge in [-0.1, -0.05) is 11.3 Å². The van der Waals surface area contributed by atoms with Crippen molar-refractivity contribution in [3.05, 3.63) is 27.6 Å². The lowest BCUT2D eigenvalue weighted by molar-refractivity contribution is 0.100. The molecule has 2 amide bonds. The number of hydrogen-bond donors (Lipinski definition) is 3. The van der Waals surface area contributed by atoms with E-state index in [4.69, 9.17) is 11.5 Å². The van der Waals surface area contributed by atoms with Crippen molar-refractivity contribution >= 4 is 44.6 Å². The van der Waals surface area contributed by atoms with Crippen molar-refractivity contribution in [3.8, 4) is 0 Å². The molecule has 2 aromatic heterocycles. The molecule has 0 aliphatic rings. The van der Waals surface area contributed by atoms with Crippen LogP contribution in [0.15, 0.2) is 11.4 Å². The number of nitrogens with two attached hydrogens (primary N) is 2. The van der Waals surface area contributed by atoms with Gasteiger partial charge in [0, 0.05) is 0 Å². The average molecular weight is 282 g/mol. The first kappa shape index (κ1) is 12.5. The fraction of sp³-hybridized carbons (Fsp3) is 0.100. The molecule has 94 valence electrons. The third kappa shape index (κ3) is 2.34. The molecule has 0 aromatic carbocycles. The lowest BCUT2D eigenvalue weighted by Crippen LogP contribution is -2.16. The van der Waals surface area contributed by atoms with Crippen molar-refractivity contribution in [2.75, 3.05) is 11.1 Å². The van der Waals surface area contributed by atoms with Crippen LogP contribution in [-0.4, -0.2) is 16.8 Å². The first-order valence-corrected chi connectivity index (χ1v) is 6.60. The van der Waals surface area contributed by atoms with Gasteiger partial charge in [0.1, 0.15) is 9.88 Å². The van der Waals surface area contributed by atoms with Crippen LogP contribution in [0.1, 0.15) is 25.7 Å². The molecular weight excluding hydrogens is 272 g/mol. The standard InChI is InChI=1S/C10H10N4O2S2/c1-4-6(18-10(12)13-4)8(16)14-9-5(7(11)15)2-3-17-9/h2-3H,1H3,(H2,11,15)(H2,12,13)(H,14,16). The van der Waals surface area contributed by atoms with Gasteiger partial charge in [0.25, 0.3) is 11.8 Å². The molecule has 5 N–H and O–H groups in total. The smallest absolute Gasteiger partial charge is 0.268 e. The SMILES string of the molecule is Cc1nc(N)sc1C(=O)Nc1sccc1C(N)=O. The van der Waals surface area contributed by atoms with Crippen LogP contribution in [0, 0.1) is 6.92 Å². The largest absolute Gasteiger partial charge is 0.375 e. The Labute approximate surface area is 111 Å². The number of amides is 2. The summed E-state index contributed by atoms with van der Waals surface area (Å²) in [5.41, 5.74) is 11.6. The van der Waals surface area contributed by atoms with Crippen LogP contribution in [0.3, 0.4) is 0 Å². The number of anilines is 2. The Morgan fingerprint density at radius 3 is 2.72 bits per heavy atom. The molecule has 0 saturated heterocycles. The van der Waals surface area contributed by atoms with Gasteiger partial charge in [-0.05, 0) is 18.4 Å². The molecule has 0 saturated carbocycles. The number of thiazole rings is 1. The van der Waals surface area contributed by atoms with E-state index in [1.54, 1.807) is 18.4 Å². The fourth-order valence-electron chi connectivity index (χ4n) is 1.39. The minimum atomic E-state index is -0.577. The van der Waals surface area contributed by atoms with Crippen LogP contribution in [0.2, 0.25) is 0 Å². The third-order valence-corrected chi connectivity index (χ3v) is 3.99. The second kappa shape index (κ2) is 4.75. The molecule has 0 fully saturated rings. The number of thiophene rings is 1. The van der Waals surface area contributed by atoms with Gasteiger partial charge in [-0.25, -0.2) is 4.98 Å². The summed E-state index contributed by atoms with van der Waals surface area (Å²) >= 11 is 2.34. The normalized spacial score (nSPS) is 10.3. The van der Waals surface area contributed by atoms with E-state index in [1.807, 2.05) is 0 Å². The zero-order valence-electron chi connectivity index (χ0n) is 9.39. The predicted molar refractivity (Wildman–Crippen MR) is 72.1 cm³/mol. The molecule has 2 heterocycles. The van der Waals surface area contributed by atoms with Crippen LogP contribution in [0.25, 0.3) is 0 Å². The van der Waals surface area contributed by atoms with Crippen molar-refractivity contribution < 1.29 is 9.59 Å². The highest BCUT2D eigenvalue weighted by molar-refractivity contribution is 7.18. The zero-order chi connectivity index (χ0) is 13.3. The third-order valence-electron chi connectivity index (χ3n) is 2.18. The molecule has 6 nitrogen and oxygen atoms in total. The number of rotatable bonds is 3. The highest BCUT2D eigenvalue weighted by atomic mass is 32.1. The van der Waals surface area contributed by atoms with E-state index in [9.17, 15) is 9.59 Å². The lowest BCUT2D eigenvalue weighted by atomic mass is 10.3. The van der Waals surface area contributed by atoms with E-state index in [0.717, 1.165) is 11.3 Å². The Bertz CT molecular complexity index is 617. The number of aryl methyl sites for hydroxylation is 1. The van der Waals surface area contributed by atoms with Crippen LogP contribution < -0.4 is 16.8 Å². The Kier molecular flexibility index (Phi) is 3.30. The first-order chi connectivity index (χ1) is 8.49. The molecule has 0 spiro atoms. The van der Waals surface area contributed by atoms with Crippen molar-refractivity contribution in [3.63, 3.8) is 0 Å². The summed E-state index contributed by atoms with van der Waals surface area (Å²) in [4.78, 5) is 27.5. The number of primary amides is 1. The van der Waals surface area contributed by atoms with Gasteiger partial charge in [0.2, 0.25) is 0 Å². The van der Waals surface area contributed by atoms with Crippen molar-refractivity contribution in [1.82, 2.24) is 4.98 Å². The molecule has 2 aromatic rings. The van der Waals surface area contributed by atoms with Crippen LogP contribution in [-0.2, 0) is 0 Å². The lowest BCUT2D eigenvalue weighted by Gasteiger charge is -2.02. The van der Waals surface area contributed by atoms with Gasteiger partial charge in [0.15, 0.2) is 5.13 Å². The summed E-state index contributed by atoms with van der Waals surface area (Å²) in [5.74, 6) is -0.918. The van der Waals surface area contributed by atoms with Gasteiger partial charge in [-0.15, -0.1) is 11.3 Å². The van der Waals surface area contributed by atoms with E-state index >= 15 is 0 Å². The maximum Gasteiger partial charge on any atom is 0.268 e. The minimum absolute atomic E-state index is 0.295. The number of carbonyl (C=O) groups is 2. The maximum absolute atomic E-state index is 12.0. The first-order valence-electron chi connectivity index (χ1n) is 4.90. The highest BCUT2D eigenvalue weighted by Gasteiger charge is 2.17. The predicted octanol–water partition coefficient (Wildman–Crippen LogP) is 1.45. The number of hydrogen-bond acceptors (Lipinski definition) is 6. The second-order valence-corrected chi connectivity index (χ2v) is 5.40. The van der Waals surface area contributed by atoms with Gasteiger partial charge >= 0.3 is 0 Å². The van der Waals surface area contributed by atoms with E-state index < -0.39 is 5.91 Å². The molecule has 0 bridgehead atoms. The summed E-state index contributed by atoms with van der Waals surface area (Å²) in [6.07, 6.45) is 0. The number of nitrogens with one attached hydrogen (secondary N) is 1. The zero-order valence-corrected chi connectivity index (χ0v) is 11.0. The number of nitrogen functional groups attached to an aromatic ring is 1. The van der Waals surface area contributed by atoms with Crippen LogP contribution in [0.4, 0.5) is 10.1 Å². The van der Waals surface area contributed by atoms with Crippen molar-refractivity contribution in [2.45, 2.75) is 6.92 Å². The topological polar surface area (TPSA) is 111 Å². The van der Waals surface area contributed by atoms with Gasteiger partial charge < -0.3 is 16.8 Å². The van der Waals surface area contributed by atoms with Crippen molar-refractivity contribution in [1.29, 1.82) is 0 Å². The van der Waals surface area contributed by atoms with Gasteiger partial charge in [-0.2, -0.15) is 0 Å². The van der Waals surface area contributed by atoms with E-state index in [1.165, 1.54) is 11.3 Å². The summed E-state index contributed by atoms with van der Waals surface area (Å²) in [7, 11) is 0. The summed E-state index contributed by atoms with van der Waals surface area (Å²) < 4.78 is 0. The monoisotopic (exact) mass is 282 g/mol. The molecule has 0 unspecified atom stereocenters. The Morgan fingerprint density at radius 2 is 2.17 bits per heavy atom. The number of carbonyl (C=O) groups excluding carboxylic acids is 2. The Hall–Kier alpha value is -1.93. The molecule has 0 atom stereocenters.